The topological polar surface area (TPSA) is 369 Å². The van der Waals surface area contributed by atoms with Crippen molar-refractivity contribution in [2.45, 2.75) is 34.1 Å². The van der Waals surface area contributed by atoms with Gasteiger partial charge >= 0.3 is 0 Å². The first kappa shape index (κ1) is 89.2. The number of hydrogen-bond donors (Lipinski definition) is 12. The average molecular weight is 1460 g/mol. The zero-order chi connectivity index (χ0) is 79.1. The third-order valence-electron chi connectivity index (χ3n) is 15.7. The van der Waals surface area contributed by atoms with Gasteiger partial charge in [-0.15, -0.1) is 13.2 Å². The molecule has 8 aromatic carbocycles. The summed E-state index contributed by atoms with van der Waals surface area (Å²) >= 11 is 0. The van der Waals surface area contributed by atoms with Crippen molar-refractivity contribution in [1.82, 2.24) is 4.90 Å². The smallest absolute Gasteiger partial charge is 0.142 e. The van der Waals surface area contributed by atoms with Gasteiger partial charge in [0.1, 0.15) is 24.7 Å². The number of hydrogen-bond acceptors (Lipinski definition) is 22. The van der Waals surface area contributed by atoms with Crippen LogP contribution in [0.1, 0.15) is 31.4 Å². The SMILES string of the molecule is C/C=C/CN(C)c1cc(N)ccc1N.C=CCN(C/C=C/COc1ccc(N)cc1N)c1cccc(C)c1.C=CCN(c1cccc(C)c1)c1ccc(N)cc1N.CCCN(C)C/C=C/CN(C)c1cc(N)ccc1N.COC/C=C/CN(C)c1cc(N)ccc1N.COC/C=C/COc1ccc(N)cc1N. The number of anilines is 18. The Morgan fingerprint density at radius 2 is 0.729 bits per heavy atom. The minimum atomic E-state index is 0.462. The molecule has 8 rings (SSSR count). The molecule has 0 saturated heterocycles. The van der Waals surface area contributed by atoms with Crippen molar-refractivity contribution in [2.24, 2.45) is 0 Å². The van der Waals surface area contributed by atoms with Crippen LogP contribution in [0, 0.1) is 13.8 Å². The normalized spacial score (nSPS) is 10.8. The van der Waals surface area contributed by atoms with Gasteiger partial charge in [0.15, 0.2) is 0 Å². The summed E-state index contributed by atoms with van der Waals surface area (Å²) < 4.78 is 20.8. The summed E-state index contributed by atoms with van der Waals surface area (Å²) in [4.78, 5) is 12.9. The Kier molecular flexibility index (Phi) is 42.1. The number of allylic oxidation sites excluding steroid dienone is 1. The molecule has 0 aromatic heterocycles. The van der Waals surface area contributed by atoms with Gasteiger partial charge in [-0.05, 0) is 198 Å². The molecule has 0 aliphatic rings. The lowest BCUT2D eigenvalue weighted by molar-refractivity contribution is 0.233. The number of ether oxygens (including phenoxy) is 4. The Labute approximate surface area is 638 Å². The highest BCUT2D eigenvalue weighted by Crippen LogP contribution is 2.33. The van der Waals surface area contributed by atoms with Crippen molar-refractivity contribution in [3.63, 3.8) is 0 Å². The number of rotatable bonds is 32. The minimum absolute atomic E-state index is 0.462. The third-order valence-corrected chi connectivity index (χ3v) is 15.7. The van der Waals surface area contributed by atoms with Crippen molar-refractivity contribution in [2.75, 3.05) is 214 Å². The Bertz CT molecular complexity index is 4060. The summed E-state index contributed by atoms with van der Waals surface area (Å²) in [6, 6.07) is 49.4. The molecule has 0 aliphatic heterocycles. The number of nitrogen functional groups attached to an aromatic ring is 12. The standard InChI is InChI=1S/C20H25N3O.C16H19N3.C15H26N4.C12H19N3O.C11H17N3.C11H16N2O2/c1-3-11-23(18-8-6-7-16(2)14-18)12-4-5-13-24-20-10-9-17(21)15-19(20)22;1-3-9-19(14-6-4-5-12(2)10-14)16-8-7-13(17)11-15(16)18;1-4-9-18(2)10-5-6-11-19(3)15-12-13(16)7-8-14(15)17;1-15(7-3-4-8-16-2)12-9-10(13)5-6-11(12)14;1-3-4-7-14(2)11-8-9(12)5-6-10(11)13;1-14-6-2-3-7-15-11-5-4-9(12)8-10(11)13/h3-10,14-15H,1,11-13,21-22H2,2H3;3-8,10-11H,1,9,17-18H2,2H3;5-8,12H,4,9-11,16-17H2,1-3H3;3-6,9H,7-8,13-14H2,1-2H3;3-6,8H,7,12-13H2,1-2H3;2-5,8H,6-7,12-13H2,1H3/b5-4+;;6-5+;2*4-3+;3-2+. The van der Waals surface area contributed by atoms with Gasteiger partial charge in [-0.25, -0.2) is 0 Å². The summed E-state index contributed by atoms with van der Waals surface area (Å²) in [6.07, 6.45) is 25.2. The van der Waals surface area contributed by atoms with E-state index in [1.165, 1.54) is 23.2 Å². The lowest BCUT2D eigenvalue weighted by atomic mass is 10.1. The highest BCUT2D eigenvalue weighted by molar-refractivity contribution is 5.79. The molecule has 0 saturated carbocycles. The van der Waals surface area contributed by atoms with Gasteiger partial charge in [-0.2, -0.15) is 0 Å². The van der Waals surface area contributed by atoms with Crippen LogP contribution in [0.2, 0.25) is 0 Å². The first-order chi connectivity index (χ1) is 51.3. The van der Waals surface area contributed by atoms with Gasteiger partial charge in [-0.1, -0.05) is 91.9 Å². The molecule has 0 aliphatic carbocycles. The number of likely N-dealkylation sites (N-methyl/N-ethyl adjacent to an activating group) is 4. The van der Waals surface area contributed by atoms with E-state index in [4.69, 9.17) is 87.8 Å². The zero-order valence-electron chi connectivity index (χ0n) is 64.8. The van der Waals surface area contributed by atoms with Crippen LogP contribution in [0.15, 0.2) is 244 Å². The molecule has 0 heterocycles. The van der Waals surface area contributed by atoms with Crippen LogP contribution in [-0.4, -0.2) is 126 Å². The Morgan fingerprint density at radius 3 is 1.16 bits per heavy atom. The fourth-order valence-electron chi connectivity index (χ4n) is 10.1. The highest BCUT2D eigenvalue weighted by atomic mass is 16.5. The lowest BCUT2D eigenvalue weighted by Crippen LogP contribution is -2.23. The van der Waals surface area contributed by atoms with Gasteiger partial charge in [0.2, 0.25) is 0 Å². The van der Waals surface area contributed by atoms with Gasteiger partial charge in [-0.3, -0.25) is 0 Å². The second-order valence-corrected chi connectivity index (χ2v) is 25.0. The fourth-order valence-corrected chi connectivity index (χ4v) is 10.1. The molecule has 0 bridgehead atoms. The molecule has 22 heteroatoms. The molecule has 0 spiro atoms. The van der Waals surface area contributed by atoms with E-state index in [0.29, 0.717) is 78.6 Å². The molecule has 0 unspecified atom stereocenters. The maximum Gasteiger partial charge on any atom is 0.142 e. The van der Waals surface area contributed by atoms with Crippen LogP contribution in [0.4, 0.5) is 102 Å². The van der Waals surface area contributed by atoms with Gasteiger partial charge in [0, 0.05) is 127 Å². The quantitative estimate of drug-likeness (QED) is 0.0138. The predicted molar refractivity (Wildman–Crippen MR) is 467 cm³/mol. The van der Waals surface area contributed by atoms with Gasteiger partial charge in [0.25, 0.3) is 0 Å². The largest absolute Gasteiger partial charge is 0.487 e. The van der Waals surface area contributed by atoms with Crippen LogP contribution in [-0.2, 0) is 9.47 Å². The van der Waals surface area contributed by atoms with Crippen molar-refractivity contribution < 1.29 is 18.9 Å². The molecule has 576 valence electrons. The Balaban J connectivity index is 0.000000336. The lowest BCUT2D eigenvalue weighted by Gasteiger charge is -2.25. The van der Waals surface area contributed by atoms with Crippen LogP contribution < -0.4 is 103 Å². The summed E-state index contributed by atoms with van der Waals surface area (Å²) in [6.45, 7) is 25.0. The number of nitrogens with two attached hydrogens (primary N) is 12. The summed E-state index contributed by atoms with van der Waals surface area (Å²) in [5.74, 6) is 1.29. The highest BCUT2D eigenvalue weighted by Gasteiger charge is 2.13. The van der Waals surface area contributed by atoms with E-state index in [0.717, 1.165) is 108 Å². The third kappa shape index (κ3) is 34.9. The second-order valence-electron chi connectivity index (χ2n) is 25.0. The minimum Gasteiger partial charge on any atom is -0.487 e. The molecule has 0 fully saturated rings. The van der Waals surface area contributed by atoms with Gasteiger partial charge in [0.05, 0.1) is 70.1 Å². The monoisotopic (exact) mass is 1460 g/mol. The maximum atomic E-state index is 6.07. The van der Waals surface area contributed by atoms with Crippen molar-refractivity contribution in [3.05, 3.63) is 255 Å². The van der Waals surface area contributed by atoms with Crippen molar-refractivity contribution in [1.29, 1.82) is 0 Å². The molecule has 0 atom stereocenters. The number of aryl methyl sites for hydroxylation is 2. The number of methoxy groups -OCH3 is 2. The molecule has 107 heavy (non-hydrogen) atoms. The molecule has 0 radical (unpaired) electrons. The maximum absolute atomic E-state index is 6.07. The average Bonchev–Trinajstić information content (AvgIpc) is 0.814. The fraction of sp³-hybridized carbons (Fsp3) is 0.271. The molecule has 22 nitrogen and oxygen atoms in total. The molecule has 24 N–H and O–H groups in total. The van der Waals surface area contributed by atoms with E-state index in [1.54, 1.807) is 62.8 Å². The van der Waals surface area contributed by atoms with E-state index in [2.05, 4.69) is 132 Å². The summed E-state index contributed by atoms with van der Waals surface area (Å²) in [5, 5.41) is 0. The van der Waals surface area contributed by atoms with Crippen LogP contribution in [0.5, 0.6) is 11.5 Å². The van der Waals surface area contributed by atoms with E-state index >= 15 is 0 Å². The van der Waals surface area contributed by atoms with Crippen LogP contribution in [0.3, 0.4) is 0 Å². The second kappa shape index (κ2) is 50.4. The van der Waals surface area contributed by atoms with E-state index in [9.17, 15) is 0 Å². The van der Waals surface area contributed by atoms with E-state index in [1.807, 2.05) is 148 Å². The molecule has 8 aromatic rings. The van der Waals surface area contributed by atoms with E-state index < -0.39 is 0 Å². The first-order valence-electron chi connectivity index (χ1n) is 35.3. The summed E-state index contributed by atoms with van der Waals surface area (Å²) in [5.41, 5.74) is 86.2. The van der Waals surface area contributed by atoms with Crippen LogP contribution in [0.25, 0.3) is 0 Å². The Hall–Kier alpha value is -12.0. The van der Waals surface area contributed by atoms with E-state index in [-0.39, 0.29) is 0 Å². The van der Waals surface area contributed by atoms with Gasteiger partial charge < -0.3 is 117 Å². The predicted octanol–water partition coefficient (Wildman–Crippen LogP) is 14.2. The first-order valence-corrected chi connectivity index (χ1v) is 35.3. The van der Waals surface area contributed by atoms with Crippen LogP contribution >= 0.6 is 0 Å². The number of nitrogens with zero attached hydrogens (tertiary/aromatic N) is 6. The molecule has 0 amide bonds. The zero-order valence-corrected chi connectivity index (χ0v) is 64.8. The van der Waals surface area contributed by atoms with Crippen molar-refractivity contribution in [3.8, 4) is 11.5 Å². The summed E-state index contributed by atoms with van der Waals surface area (Å²) in [7, 11) is 11.4. The van der Waals surface area contributed by atoms with Crippen molar-refractivity contribution >= 4 is 102 Å². The molecular weight excluding hydrogens is 1340 g/mol. The number of benzene rings is 8. The molecular formula is C85H122N18O4. The Morgan fingerprint density at radius 1 is 0.355 bits per heavy atom.